The smallest absolute Gasteiger partial charge is 0.416 e. The van der Waals surface area contributed by atoms with E-state index in [1.54, 1.807) is 0 Å². The highest BCUT2D eigenvalue weighted by Gasteiger charge is 2.30. The van der Waals surface area contributed by atoms with Crippen LogP contribution < -0.4 is 5.32 Å². The van der Waals surface area contributed by atoms with Crippen LogP contribution in [0.3, 0.4) is 0 Å². The molecule has 2 aromatic carbocycles. The van der Waals surface area contributed by atoms with Crippen LogP contribution in [-0.2, 0) is 17.5 Å². The second-order valence-electron chi connectivity index (χ2n) is 6.61. The zero-order valence-electron chi connectivity index (χ0n) is 16.3. The lowest BCUT2D eigenvalue weighted by Crippen LogP contribution is -2.15. The highest BCUT2D eigenvalue weighted by molar-refractivity contribution is 7.99. The molecule has 31 heavy (non-hydrogen) atoms. The highest BCUT2D eigenvalue weighted by Crippen LogP contribution is 2.31. The van der Waals surface area contributed by atoms with Gasteiger partial charge in [0, 0.05) is 17.6 Å². The van der Waals surface area contributed by atoms with Gasteiger partial charge in [0.25, 0.3) is 0 Å². The molecule has 1 amide bonds. The third-order valence-corrected chi connectivity index (χ3v) is 5.45. The Bertz CT molecular complexity index is 1200. The van der Waals surface area contributed by atoms with Gasteiger partial charge in [0.1, 0.15) is 5.58 Å². The van der Waals surface area contributed by atoms with Gasteiger partial charge in [-0.05, 0) is 37.3 Å². The third-order valence-electron chi connectivity index (χ3n) is 4.48. The fraction of sp³-hybridized carbons (Fsp3) is 0.190. The van der Waals surface area contributed by atoms with E-state index < -0.39 is 17.6 Å². The van der Waals surface area contributed by atoms with Crippen molar-refractivity contribution in [3.8, 4) is 11.6 Å². The van der Waals surface area contributed by atoms with Crippen LogP contribution in [0.25, 0.3) is 22.6 Å². The molecule has 0 aliphatic carbocycles. The van der Waals surface area contributed by atoms with Crippen LogP contribution >= 0.6 is 11.8 Å². The number of alkyl halides is 3. The molecule has 10 heteroatoms. The zero-order chi connectivity index (χ0) is 22.0. The van der Waals surface area contributed by atoms with Crippen LogP contribution in [0.2, 0.25) is 0 Å². The largest absolute Gasteiger partial charge is 0.453 e. The minimum absolute atomic E-state index is 0.0332. The predicted molar refractivity (Wildman–Crippen MR) is 112 cm³/mol. The molecule has 1 N–H and O–H groups in total. The first-order valence-corrected chi connectivity index (χ1v) is 10.4. The molecule has 0 fully saturated rings. The number of aromatic nitrogens is 3. The van der Waals surface area contributed by atoms with E-state index in [4.69, 9.17) is 4.42 Å². The Kier molecular flexibility index (Phi) is 5.73. The van der Waals surface area contributed by atoms with Crippen molar-refractivity contribution in [1.82, 2.24) is 14.8 Å². The molecule has 2 heterocycles. The van der Waals surface area contributed by atoms with Crippen molar-refractivity contribution in [3.63, 3.8) is 0 Å². The Balaban J connectivity index is 1.46. The summed E-state index contributed by atoms with van der Waals surface area (Å²) in [6, 6.07) is 14.0. The van der Waals surface area contributed by atoms with E-state index in [-0.39, 0.29) is 11.4 Å². The van der Waals surface area contributed by atoms with E-state index >= 15 is 0 Å². The maximum absolute atomic E-state index is 12.8. The number of nitrogens with one attached hydrogen (secondary N) is 1. The number of hydrogen-bond acceptors (Lipinski definition) is 5. The van der Waals surface area contributed by atoms with Gasteiger partial charge < -0.3 is 9.73 Å². The second-order valence-corrected chi connectivity index (χ2v) is 7.56. The van der Waals surface area contributed by atoms with Gasteiger partial charge in [-0.25, -0.2) is 0 Å². The van der Waals surface area contributed by atoms with Gasteiger partial charge in [-0.2, -0.15) is 13.2 Å². The van der Waals surface area contributed by atoms with Crippen LogP contribution in [0.5, 0.6) is 0 Å². The number of rotatable bonds is 6. The average Bonchev–Trinajstić information content (AvgIpc) is 3.35. The molecule has 0 saturated carbocycles. The molecule has 0 bridgehead atoms. The van der Waals surface area contributed by atoms with Crippen molar-refractivity contribution in [2.24, 2.45) is 0 Å². The molecule has 0 aliphatic heterocycles. The molecule has 0 radical (unpaired) electrons. The summed E-state index contributed by atoms with van der Waals surface area (Å²) >= 11 is 1.14. The summed E-state index contributed by atoms with van der Waals surface area (Å²) in [6.07, 6.45) is -4.47. The first kappa shape index (κ1) is 21.0. The molecule has 0 spiro atoms. The molecule has 0 atom stereocenters. The SMILES string of the molecule is CCn1c(SCC(=O)Nc2cccc(C(F)(F)F)c2)nnc1-c1cc2ccccc2o1. The van der Waals surface area contributed by atoms with Crippen molar-refractivity contribution < 1.29 is 22.4 Å². The number of thioether (sulfide) groups is 1. The summed E-state index contributed by atoms with van der Waals surface area (Å²) in [5.74, 6) is 0.629. The molecular weight excluding hydrogens is 429 g/mol. The van der Waals surface area contributed by atoms with E-state index in [0.29, 0.717) is 23.3 Å². The number of carbonyl (C=O) groups excluding carboxylic acids is 1. The van der Waals surface area contributed by atoms with Crippen molar-refractivity contribution in [1.29, 1.82) is 0 Å². The lowest BCUT2D eigenvalue weighted by Gasteiger charge is -2.10. The van der Waals surface area contributed by atoms with Crippen LogP contribution in [0.1, 0.15) is 12.5 Å². The Morgan fingerprint density at radius 2 is 1.94 bits per heavy atom. The average molecular weight is 446 g/mol. The fourth-order valence-electron chi connectivity index (χ4n) is 3.06. The number of fused-ring (bicyclic) bond motifs is 1. The third kappa shape index (κ3) is 4.58. The van der Waals surface area contributed by atoms with E-state index in [0.717, 1.165) is 34.9 Å². The number of anilines is 1. The standard InChI is InChI=1S/C21H17F3N4O2S/c1-2-28-19(17-10-13-6-3-4-9-16(13)30-17)26-27-20(28)31-12-18(29)25-15-8-5-7-14(11-15)21(22,23)24/h3-11H,2,12H2,1H3,(H,25,29). The summed E-state index contributed by atoms with van der Waals surface area (Å²) in [7, 11) is 0. The summed E-state index contributed by atoms with van der Waals surface area (Å²) in [4.78, 5) is 12.3. The van der Waals surface area contributed by atoms with Gasteiger partial charge in [-0.15, -0.1) is 10.2 Å². The molecule has 4 rings (SSSR count). The van der Waals surface area contributed by atoms with Crippen molar-refractivity contribution in [2.45, 2.75) is 24.8 Å². The topological polar surface area (TPSA) is 73.0 Å². The normalized spacial score (nSPS) is 11.7. The van der Waals surface area contributed by atoms with Crippen molar-refractivity contribution >= 4 is 34.3 Å². The number of furan rings is 1. The molecular formula is C21H17F3N4O2S. The molecule has 0 aliphatic rings. The van der Waals surface area contributed by atoms with Crippen LogP contribution in [0.4, 0.5) is 18.9 Å². The Morgan fingerprint density at radius 3 is 2.68 bits per heavy atom. The number of para-hydroxylation sites is 1. The van der Waals surface area contributed by atoms with E-state index in [1.165, 1.54) is 12.1 Å². The van der Waals surface area contributed by atoms with Gasteiger partial charge in [0.05, 0.1) is 11.3 Å². The first-order chi connectivity index (χ1) is 14.8. The molecule has 0 unspecified atom stereocenters. The monoisotopic (exact) mass is 446 g/mol. The minimum Gasteiger partial charge on any atom is -0.453 e. The Labute approximate surface area is 179 Å². The van der Waals surface area contributed by atoms with Gasteiger partial charge in [0.15, 0.2) is 10.9 Å². The predicted octanol–water partition coefficient (Wildman–Crippen LogP) is 5.46. The molecule has 2 aromatic heterocycles. The van der Waals surface area contributed by atoms with Gasteiger partial charge in [-0.1, -0.05) is 36.0 Å². The summed E-state index contributed by atoms with van der Waals surface area (Å²) in [5, 5.41) is 12.3. The quantitative estimate of drug-likeness (QED) is 0.398. The minimum atomic E-state index is -4.47. The Morgan fingerprint density at radius 1 is 1.13 bits per heavy atom. The van der Waals surface area contributed by atoms with Gasteiger partial charge >= 0.3 is 6.18 Å². The first-order valence-electron chi connectivity index (χ1n) is 9.37. The summed E-state index contributed by atoms with van der Waals surface area (Å²) in [6.45, 7) is 2.47. The highest BCUT2D eigenvalue weighted by atomic mass is 32.2. The fourth-order valence-corrected chi connectivity index (χ4v) is 3.86. The summed E-state index contributed by atoms with van der Waals surface area (Å²) in [5.41, 5.74) is -0.00248. The number of benzene rings is 2. The van der Waals surface area contributed by atoms with Gasteiger partial charge in [-0.3, -0.25) is 9.36 Å². The second kappa shape index (κ2) is 8.46. The van der Waals surface area contributed by atoms with Gasteiger partial charge in [0.2, 0.25) is 11.7 Å². The number of hydrogen-bond donors (Lipinski definition) is 1. The number of amides is 1. The lowest BCUT2D eigenvalue weighted by atomic mass is 10.2. The van der Waals surface area contributed by atoms with Crippen LogP contribution in [0.15, 0.2) is 64.2 Å². The molecule has 4 aromatic rings. The van der Waals surface area contributed by atoms with Crippen LogP contribution in [0, 0.1) is 0 Å². The van der Waals surface area contributed by atoms with E-state index in [9.17, 15) is 18.0 Å². The maximum Gasteiger partial charge on any atom is 0.416 e. The van der Waals surface area contributed by atoms with E-state index in [2.05, 4.69) is 15.5 Å². The number of nitrogens with zero attached hydrogens (tertiary/aromatic N) is 3. The molecule has 160 valence electrons. The number of halogens is 3. The molecule has 6 nitrogen and oxygen atoms in total. The van der Waals surface area contributed by atoms with E-state index in [1.807, 2.05) is 41.8 Å². The molecule has 0 saturated heterocycles. The van der Waals surface area contributed by atoms with Crippen LogP contribution in [-0.4, -0.2) is 26.4 Å². The number of carbonyl (C=O) groups is 1. The maximum atomic E-state index is 12.8. The zero-order valence-corrected chi connectivity index (χ0v) is 17.1. The van der Waals surface area contributed by atoms with Crippen molar-refractivity contribution in [2.75, 3.05) is 11.1 Å². The summed E-state index contributed by atoms with van der Waals surface area (Å²) < 4.78 is 46.1. The Hall–Kier alpha value is -3.27. The lowest BCUT2D eigenvalue weighted by molar-refractivity contribution is -0.137. The van der Waals surface area contributed by atoms with Crippen molar-refractivity contribution in [3.05, 3.63) is 60.2 Å².